The van der Waals surface area contributed by atoms with E-state index in [1.54, 1.807) is 6.20 Å². The Hall–Kier alpha value is -2.56. The minimum Gasteiger partial charge on any atom is -0.397 e. The van der Waals surface area contributed by atoms with Crippen molar-refractivity contribution in [2.45, 2.75) is 13.8 Å². The molecule has 1 aromatic carbocycles. The molecule has 0 fully saturated rings. The topological polar surface area (TPSA) is 70.8 Å². The Kier molecular flexibility index (Phi) is 2.82. The van der Waals surface area contributed by atoms with Gasteiger partial charge in [-0.2, -0.15) is 0 Å². The van der Waals surface area contributed by atoms with Crippen LogP contribution in [0.5, 0.6) is 0 Å². The number of nitrogens with two attached hydrogens (primary N) is 1. The van der Waals surface area contributed by atoms with Crippen LogP contribution in [0.15, 0.2) is 30.5 Å². The zero-order valence-corrected chi connectivity index (χ0v) is 11.8. The number of aryl methyl sites for hydroxylation is 2. The first-order valence-electron chi connectivity index (χ1n) is 6.47. The minimum atomic E-state index is 0.710. The van der Waals surface area contributed by atoms with Crippen molar-refractivity contribution in [2.24, 2.45) is 0 Å². The highest BCUT2D eigenvalue weighted by Crippen LogP contribution is 2.26. The van der Waals surface area contributed by atoms with Crippen LogP contribution in [-0.2, 0) is 0 Å². The highest BCUT2D eigenvalue weighted by atomic mass is 15.2. The SMILES string of the molecule is Cc1nc2ccc(N(C)c3cc(C)c(N)cn3)cc2[nH]1. The fourth-order valence-electron chi connectivity index (χ4n) is 2.20. The maximum Gasteiger partial charge on any atom is 0.133 e. The van der Waals surface area contributed by atoms with Crippen LogP contribution in [0.2, 0.25) is 0 Å². The average molecular weight is 267 g/mol. The van der Waals surface area contributed by atoms with E-state index in [4.69, 9.17) is 5.73 Å². The van der Waals surface area contributed by atoms with Crippen LogP contribution in [0.3, 0.4) is 0 Å². The zero-order valence-electron chi connectivity index (χ0n) is 11.8. The second-order valence-electron chi connectivity index (χ2n) is 4.98. The van der Waals surface area contributed by atoms with Crippen LogP contribution in [0, 0.1) is 13.8 Å². The molecular formula is C15H17N5. The highest BCUT2D eigenvalue weighted by molar-refractivity contribution is 5.81. The van der Waals surface area contributed by atoms with Crippen molar-refractivity contribution in [1.82, 2.24) is 15.0 Å². The van der Waals surface area contributed by atoms with Gasteiger partial charge in [-0.25, -0.2) is 9.97 Å². The minimum absolute atomic E-state index is 0.710. The van der Waals surface area contributed by atoms with Crippen molar-refractivity contribution < 1.29 is 0 Å². The molecule has 0 amide bonds. The fourth-order valence-corrected chi connectivity index (χ4v) is 2.20. The first kappa shape index (κ1) is 12.5. The van der Waals surface area contributed by atoms with Gasteiger partial charge in [-0.05, 0) is 43.7 Å². The van der Waals surface area contributed by atoms with Gasteiger partial charge in [0.25, 0.3) is 0 Å². The van der Waals surface area contributed by atoms with Crippen LogP contribution < -0.4 is 10.6 Å². The maximum absolute atomic E-state index is 5.81. The molecule has 2 aromatic heterocycles. The lowest BCUT2D eigenvalue weighted by atomic mass is 10.2. The van der Waals surface area contributed by atoms with E-state index >= 15 is 0 Å². The summed E-state index contributed by atoms with van der Waals surface area (Å²) < 4.78 is 0. The quantitative estimate of drug-likeness (QED) is 0.749. The number of fused-ring (bicyclic) bond motifs is 1. The summed E-state index contributed by atoms with van der Waals surface area (Å²) in [4.78, 5) is 14.1. The Balaban J connectivity index is 2.02. The second kappa shape index (κ2) is 4.52. The number of pyridine rings is 1. The molecule has 0 radical (unpaired) electrons. The van der Waals surface area contributed by atoms with Crippen LogP contribution in [0.4, 0.5) is 17.2 Å². The van der Waals surface area contributed by atoms with Crippen LogP contribution >= 0.6 is 0 Å². The molecule has 0 aliphatic carbocycles. The molecule has 0 bridgehead atoms. The number of aromatic nitrogens is 3. The molecule has 0 unspecified atom stereocenters. The number of imidazole rings is 1. The molecule has 20 heavy (non-hydrogen) atoms. The first-order valence-corrected chi connectivity index (χ1v) is 6.47. The van der Waals surface area contributed by atoms with Gasteiger partial charge >= 0.3 is 0 Å². The Labute approximate surface area is 117 Å². The van der Waals surface area contributed by atoms with Crippen molar-refractivity contribution in [1.29, 1.82) is 0 Å². The van der Waals surface area contributed by atoms with E-state index in [9.17, 15) is 0 Å². The molecule has 0 saturated carbocycles. The summed E-state index contributed by atoms with van der Waals surface area (Å²) in [5.41, 5.74) is 10.6. The van der Waals surface area contributed by atoms with Gasteiger partial charge in [-0.1, -0.05) is 0 Å². The fraction of sp³-hybridized carbons (Fsp3) is 0.200. The van der Waals surface area contributed by atoms with Gasteiger partial charge in [0.15, 0.2) is 0 Å². The van der Waals surface area contributed by atoms with Gasteiger partial charge in [-0.15, -0.1) is 0 Å². The van der Waals surface area contributed by atoms with Crippen LogP contribution in [0.25, 0.3) is 11.0 Å². The largest absolute Gasteiger partial charge is 0.397 e. The highest BCUT2D eigenvalue weighted by Gasteiger charge is 2.08. The number of hydrogen-bond donors (Lipinski definition) is 2. The summed E-state index contributed by atoms with van der Waals surface area (Å²) in [5.74, 6) is 1.79. The molecule has 5 heteroatoms. The van der Waals surface area contributed by atoms with Crippen LogP contribution in [0.1, 0.15) is 11.4 Å². The third-order valence-electron chi connectivity index (χ3n) is 3.45. The van der Waals surface area contributed by atoms with Crippen LogP contribution in [-0.4, -0.2) is 22.0 Å². The third-order valence-corrected chi connectivity index (χ3v) is 3.45. The Morgan fingerprint density at radius 3 is 2.75 bits per heavy atom. The molecule has 2 heterocycles. The van der Waals surface area contributed by atoms with Crippen molar-refractivity contribution in [3.05, 3.63) is 41.9 Å². The number of anilines is 3. The number of nitrogens with zero attached hydrogens (tertiary/aromatic N) is 3. The van der Waals surface area contributed by atoms with Gasteiger partial charge in [0, 0.05) is 12.7 Å². The Bertz CT molecular complexity index is 775. The second-order valence-corrected chi connectivity index (χ2v) is 4.98. The van der Waals surface area contributed by atoms with Gasteiger partial charge in [0.2, 0.25) is 0 Å². The number of nitrogens with one attached hydrogen (secondary N) is 1. The molecule has 0 spiro atoms. The molecule has 102 valence electrons. The van der Waals surface area contributed by atoms with E-state index in [1.165, 1.54) is 0 Å². The van der Waals surface area contributed by atoms with E-state index < -0.39 is 0 Å². The van der Waals surface area contributed by atoms with E-state index in [0.717, 1.165) is 33.9 Å². The molecule has 3 aromatic rings. The standard InChI is InChI=1S/C15H17N5/c1-9-6-15(17-8-12(9)16)20(3)11-4-5-13-14(7-11)19-10(2)18-13/h4-8H,16H2,1-3H3,(H,18,19). The predicted molar refractivity (Wildman–Crippen MR) is 82.3 cm³/mol. The van der Waals surface area contributed by atoms with Gasteiger partial charge < -0.3 is 15.6 Å². The van der Waals surface area contributed by atoms with E-state index in [-0.39, 0.29) is 0 Å². The monoisotopic (exact) mass is 267 g/mol. The summed E-state index contributed by atoms with van der Waals surface area (Å²) >= 11 is 0. The average Bonchev–Trinajstić information content (AvgIpc) is 2.80. The molecule has 3 N–H and O–H groups in total. The van der Waals surface area contributed by atoms with Gasteiger partial charge in [0.05, 0.1) is 22.9 Å². The summed E-state index contributed by atoms with van der Waals surface area (Å²) in [6.45, 7) is 3.93. The lowest BCUT2D eigenvalue weighted by molar-refractivity contribution is 1.12. The molecule has 5 nitrogen and oxygen atoms in total. The number of H-pyrrole nitrogens is 1. The van der Waals surface area contributed by atoms with E-state index in [1.807, 2.05) is 44.0 Å². The normalized spacial score (nSPS) is 10.9. The smallest absolute Gasteiger partial charge is 0.133 e. The number of aromatic amines is 1. The Morgan fingerprint density at radius 1 is 1.20 bits per heavy atom. The van der Waals surface area contributed by atoms with Crippen molar-refractivity contribution in [3.63, 3.8) is 0 Å². The third kappa shape index (κ3) is 2.07. The van der Waals surface area contributed by atoms with E-state index in [0.29, 0.717) is 5.69 Å². The molecule has 3 rings (SSSR count). The predicted octanol–water partition coefficient (Wildman–Crippen LogP) is 2.92. The number of benzene rings is 1. The van der Waals surface area contributed by atoms with Crippen molar-refractivity contribution >= 4 is 28.2 Å². The first-order chi connectivity index (χ1) is 9.54. The summed E-state index contributed by atoms with van der Waals surface area (Å²) in [7, 11) is 1.99. The van der Waals surface area contributed by atoms with Crippen molar-refractivity contribution in [3.8, 4) is 0 Å². The number of nitrogen functional groups attached to an aromatic ring is 1. The number of rotatable bonds is 2. The summed E-state index contributed by atoms with van der Waals surface area (Å²) in [6.07, 6.45) is 1.69. The number of hydrogen-bond acceptors (Lipinski definition) is 4. The maximum atomic E-state index is 5.81. The summed E-state index contributed by atoms with van der Waals surface area (Å²) in [6, 6.07) is 8.10. The zero-order chi connectivity index (χ0) is 14.3. The molecule has 0 atom stereocenters. The van der Waals surface area contributed by atoms with Gasteiger partial charge in [0.1, 0.15) is 11.6 Å². The summed E-state index contributed by atoms with van der Waals surface area (Å²) in [5, 5.41) is 0. The Morgan fingerprint density at radius 2 is 2.00 bits per heavy atom. The lowest BCUT2D eigenvalue weighted by Gasteiger charge is -2.19. The van der Waals surface area contributed by atoms with Crippen molar-refractivity contribution in [2.75, 3.05) is 17.7 Å². The lowest BCUT2D eigenvalue weighted by Crippen LogP contribution is -2.11. The molecular weight excluding hydrogens is 250 g/mol. The molecule has 0 saturated heterocycles. The molecule has 0 aliphatic rings. The molecule has 0 aliphatic heterocycles. The van der Waals surface area contributed by atoms with Gasteiger partial charge in [-0.3, -0.25) is 0 Å². The van der Waals surface area contributed by atoms with E-state index in [2.05, 4.69) is 21.0 Å².